The van der Waals surface area contributed by atoms with E-state index in [2.05, 4.69) is 10.9 Å². The SMILES string of the molecule is CCOC(=O)CC1CC(=O)NN1. The fourth-order valence-electron chi connectivity index (χ4n) is 1.05. The maximum absolute atomic E-state index is 10.9. The molecule has 1 fully saturated rings. The van der Waals surface area contributed by atoms with E-state index in [9.17, 15) is 9.59 Å². The van der Waals surface area contributed by atoms with Crippen LogP contribution in [0.1, 0.15) is 19.8 Å². The fraction of sp³-hybridized carbons (Fsp3) is 0.714. The predicted molar refractivity (Wildman–Crippen MR) is 40.9 cm³/mol. The van der Waals surface area contributed by atoms with Crippen LogP contribution in [0.15, 0.2) is 0 Å². The molecule has 68 valence electrons. The Bertz CT molecular complexity index is 193. The van der Waals surface area contributed by atoms with Crippen molar-refractivity contribution in [3.8, 4) is 0 Å². The lowest BCUT2D eigenvalue weighted by atomic mass is 10.2. The van der Waals surface area contributed by atoms with Crippen molar-refractivity contribution in [2.75, 3.05) is 6.61 Å². The molecule has 1 unspecified atom stereocenters. The van der Waals surface area contributed by atoms with Gasteiger partial charge in [0.05, 0.1) is 13.0 Å². The summed E-state index contributed by atoms with van der Waals surface area (Å²) in [6.45, 7) is 2.14. The fourth-order valence-corrected chi connectivity index (χ4v) is 1.05. The summed E-state index contributed by atoms with van der Waals surface area (Å²) >= 11 is 0. The van der Waals surface area contributed by atoms with Gasteiger partial charge in [0.2, 0.25) is 5.91 Å². The molecule has 0 saturated carbocycles. The third-order valence-electron chi connectivity index (χ3n) is 1.57. The first-order valence-electron chi connectivity index (χ1n) is 3.92. The second-order valence-corrected chi connectivity index (χ2v) is 2.60. The van der Waals surface area contributed by atoms with Crippen LogP contribution in [0.25, 0.3) is 0 Å². The third-order valence-corrected chi connectivity index (χ3v) is 1.57. The Morgan fingerprint density at radius 2 is 2.50 bits per heavy atom. The lowest BCUT2D eigenvalue weighted by Gasteiger charge is -2.06. The Kier molecular flexibility index (Phi) is 3.04. The normalized spacial score (nSPS) is 22.1. The Labute approximate surface area is 70.4 Å². The summed E-state index contributed by atoms with van der Waals surface area (Å²) in [6.07, 6.45) is 0.589. The van der Waals surface area contributed by atoms with Crippen molar-refractivity contribution in [2.24, 2.45) is 0 Å². The Morgan fingerprint density at radius 1 is 1.75 bits per heavy atom. The summed E-state index contributed by atoms with van der Waals surface area (Å²) in [7, 11) is 0. The van der Waals surface area contributed by atoms with Crippen LogP contribution in [0.5, 0.6) is 0 Å². The van der Waals surface area contributed by atoms with Crippen LogP contribution in [-0.4, -0.2) is 24.5 Å². The average molecular weight is 172 g/mol. The van der Waals surface area contributed by atoms with Crippen molar-refractivity contribution in [3.05, 3.63) is 0 Å². The van der Waals surface area contributed by atoms with Gasteiger partial charge in [0.1, 0.15) is 0 Å². The Morgan fingerprint density at radius 3 is 3.00 bits per heavy atom. The zero-order chi connectivity index (χ0) is 8.97. The largest absolute Gasteiger partial charge is 0.466 e. The molecule has 1 saturated heterocycles. The number of nitrogens with one attached hydrogen (secondary N) is 2. The quantitative estimate of drug-likeness (QED) is 0.554. The highest BCUT2D eigenvalue weighted by atomic mass is 16.5. The molecule has 1 amide bonds. The van der Waals surface area contributed by atoms with Gasteiger partial charge in [0.15, 0.2) is 0 Å². The number of esters is 1. The van der Waals surface area contributed by atoms with Crippen LogP contribution >= 0.6 is 0 Å². The molecule has 1 atom stereocenters. The second kappa shape index (κ2) is 4.06. The number of hydrazine groups is 1. The predicted octanol–water partition coefficient (Wildman–Crippen LogP) is -0.667. The van der Waals surface area contributed by atoms with E-state index in [1.54, 1.807) is 6.92 Å². The van der Waals surface area contributed by atoms with E-state index in [0.29, 0.717) is 13.0 Å². The first kappa shape index (κ1) is 8.99. The topological polar surface area (TPSA) is 67.4 Å². The van der Waals surface area contributed by atoms with Crippen LogP contribution < -0.4 is 10.9 Å². The summed E-state index contributed by atoms with van der Waals surface area (Å²) in [6, 6.07) is -0.114. The van der Waals surface area contributed by atoms with Gasteiger partial charge in [-0.2, -0.15) is 0 Å². The molecular weight excluding hydrogens is 160 g/mol. The number of carbonyl (C=O) groups is 2. The highest BCUT2D eigenvalue weighted by Crippen LogP contribution is 2.03. The van der Waals surface area contributed by atoms with E-state index in [4.69, 9.17) is 4.74 Å². The molecule has 2 N–H and O–H groups in total. The molecule has 0 bridgehead atoms. The molecule has 1 rings (SSSR count). The summed E-state index contributed by atoms with van der Waals surface area (Å²) in [4.78, 5) is 21.6. The standard InChI is InChI=1S/C7H12N2O3/c1-2-12-7(11)4-5-3-6(10)9-8-5/h5,8H,2-4H2,1H3,(H,9,10). The van der Waals surface area contributed by atoms with E-state index >= 15 is 0 Å². The van der Waals surface area contributed by atoms with Crippen molar-refractivity contribution >= 4 is 11.9 Å². The summed E-state index contributed by atoms with van der Waals surface area (Å²) < 4.78 is 4.72. The van der Waals surface area contributed by atoms with Crippen molar-refractivity contribution in [1.29, 1.82) is 0 Å². The molecule has 0 spiro atoms. The van der Waals surface area contributed by atoms with Gasteiger partial charge in [0.25, 0.3) is 0 Å². The van der Waals surface area contributed by atoms with Gasteiger partial charge >= 0.3 is 5.97 Å². The van der Waals surface area contributed by atoms with Crippen molar-refractivity contribution < 1.29 is 14.3 Å². The number of carbonyl (C=O) groups excluding carboxylic acids is 2. The molecule has 0 aliphatic carbocycles. The number of rotatable bonds is 3. The number of ether oxygens (including phenoxy) is 1. The number of hydrogen-bond acceptors (Lipinski definition) is 4. The molecule has 5 heteroatoms. The van der Waals surface area contributed by atoms with Gasteiger partial charge < -0.3 is 4.74 Å². The molecule has 0 aromatic carbocycles. The van der Waals surface area contributed by atoms with Gasteiger partial charge in [-0.05, 0) is 6.92 Å². The van der Waals surface area contributed by atoms with E-state index in [0.717, 1.165) is 0 Å². The molecule has 12 heavy (non-hydrogen) atoms. The molecule has 1 aliphatic rings. The Hall–Kier alpha value is -1.10. The molecule has 0 aromatic rings. The van der Waals surface area contributed by atoms with E-state index in [1.807, 2.05) is 0 Å². The van der Waals surface area contributed by atoms with Gasteiger partial charge in [-0.3, -0.25) is 15.0 Å². The van der Waals surface area contributed by atoms with Crippen molar-refractivity contribution in [2.45, 2.75) is 25.8 Å². The molecular formula is C7H12N2O3. The minimum absolute atomic E-state index is 0.0794. The summed E-state index contributed by atoms with van der Waals surface area (Å²) in [5.41, 5.74) is 5.12. The van der Waals surface area contributed by atoms with Crippen molar-refractivity contribution in [1.82, 2.24) is 10.9 Å². The smallest absolute Gasteiger partial charge is 0.307 e. The van der Waals surface area contributed by atoms with Gasteiger partial charge in [0, 0.05) is 12.5 Å². The van der Waals surface area contributed by atoms with E-state index in [-0.39, 0.29) is 24.3 Å². The lowest BCUT2D eigenvalue weighted by molar-refractivity contribution is -0.143. The minimum Gasteiger partial charge on any atom is -0.466 e. The minimum atomic E-state index is -0.272. The van der Waals surface area contributed by atoms with Crippen molar-refractivity contribution in [3.63, 3.8) is 0 Å². The molecule has 1 heterocycles. The molecule has 1 aliphatic heterocycles. The highest BCUT2D eigenvalue weighted by Gasteiger charge is 2.23. The first-order chi connectivity index (χ1) is 5.72. The second-order valence-electron chi connectivity index (χ2n) is 2.60. The molecule has 0 radical (unpaired) electrons. The zero-order valence-electron chi connectivity index (χ0n) is 6.92. The average Bonchev–Trinajstić information content (AvgIpc) is 2.36. The van der Waals surface area contributed by atoms with Gasteiger partial charge in [-0.15, -0.1) is 0 Å². The van der Waals surface area contributed by atoms with Crippen LogP contribution in [0.4, 0.5) is 0 Å². The maximum Gasteiger partial charge on any atom is 0.307 e. The van der Waals surface area contributed by atoms with E-state index in [1.165, 1.54) is 0 Å². The van der Waals surface area contributed by atoms with Crippen LogP contribution in [0.3, 0.4) is 0 Å². The lowest BCUT2D eigenvalue weighted by Crippen LogP contribution is -2.33. The summed E-state index contributed by atoms with van der Waals surface area (Å²) in [5, 5.41) is 0. The van der Waals surface area contributed by atoms with Crippen LogP contribution in [0.2, 0.25) is 0 Å². The zero-order valence-corrected chi connectivity index (χ0v) is 6.92. The van der Waals surface area contributed by atoms with E-state index < -0.39 is 0 Å². The maximum atomic E-state index is 10.9. The highest BCUT2D eigenvalue weighted by molar-refractivity contribution is 5.79. The Balaban J connectivity index is 2.23. The summed E-state index contributed by atoms with van der Waals surface area (Å²) in [5.74, 6) is -0.351. The van der Waals surface area contributed by atoms with Gasteiger partial charge in [-0.25, -0.2) is 5.43 Å². The number of amides is 1. The van der Waals surface area contributed by atoms with Gasteiger partial charge in [-0.1, -0.05) is 0 Å². The first-order valence-corrected chi connectivity index (χ1v) is 3.92. The monoisotopic (exact) mass is 172 g/mol. The molecule has 5 nitrogen and oxygen atoms in total. The van der Waals surface area contributed by atoms with Crippen LogP contribution in [-0.2, 0) is 14.3 Å². The number of hydrogen-bond donors (Lipinski definition) is 2. The van der Waals surface area contributed by atoms with Crippen LogP contribution in [0, 0.1) is 0 Å². The third kappa shape index (κ3) is 2.50. The molecule has 0 aromatic heterocycles.